The molecule has 0 amide bonds. The van der Waals surface area contributed by atoms with E-state index in [0.29, 0.717) is 0 Å². The topological polar surface area (TPSA) is 39.5 Å². The third-order valence-electron chi connectivity index (χ3n) is 4.79. The zero-order valence-corrected chi connectivity index (χ0v) is 16.7. The number of hydrogen-bond acceptors (Lipinski definition) is 4. The summed E-state index contributed by atoms with van der Waals surface area (Å²) in [7, 11) is 1.69. The SMILES string of the molecule is COc1ccc(CN2CCCN(Cc3ccc(C#N)cc3)CC2)cc1Br. The van der Waals surface area contributed by atoms with Gasteiger partial charge in [-0.25, -0.2) is 0 Å². The molecular weight excluding hydrogens is 390 g/mol. The van der Waals surface area contributed by atoms with E-state index in [1.54, 1.807) is 7.11 Å². The van der Waals surface area contributed by atoms with Crippen LogP contribution in [-0.4, -0.2) is 43.1 Å². The van der Waals surface area contributed by atoms with Gasteiger partial charge in [0.2, 0.25) is 0 Å². The molecule has 5 heteroatoms. The average Bonchev–Trinajstić information content (AvgIpc) is 2.88. The number of methoxy groups -OCH3 is 1. The molecule has 0 bridgehead atoms. The van der Waals surface area contributed by atoms with Crippen molar-refractivity contribution >= 4 is 15.9 Å². The first-order valence-electron chi connectivity index (χ1n) is 8.94. The molecule has 0 unspecified atom stereocenters. The summed E-state index contributed by atoms with van der Waals surface area (Å²) in [4.78, 5) is 5.03. The first-order valence-corrected chi connectivity index (χ1v) is 9.73. The summed E-state index contributed by atoms with van der Waals surface area (Å²) in [5.41, 5.74) is 3.30. The quantitative estimate of drug-likeness (QED) is 0.741. The largest absolute Gasteiger partial charge is 0.496 e. The van der Waals surface area contributed by atoms with Crippen LogP contribution in [0.1, 0.15) is 23.1 Å². The molecular formula is C21H24BrN3O. The second-order valence-corrected chi connectivity index (χ2v) is 7.54. The number of rotatable bonds is 5. The standard InChI is InChI=1S/C21H24BrN3O/c1-26-21-8-7-19(13-20(21)22)16-25-10-2-9-24(11-12-25)15-18-5-3-17(14-23)4-6-18/h3-8,13H,2,9-12,15-16H2,1H3. The molecule has 0 spiro atoms. The number of nitrogens with zero attached hydrogens (tertiary/aromatic N) is 3. The van der Waals surface area contributed by atoms with Gasteiger partial charge in [0.05, 0.1) is 23.2 Å². The van der Waals surface area contributed by atoms with Crippen molar-refractivity contribution in [3.05, 3.63) is 63.6 Å². The van der Waals surface area contributed by atoms with Crippen LogP contribution in [0.15, 0.2) is 46.9 Å². The molecule has 4 nitrogen and oxygen atoms in total. The lowest BCUT2D eigenvalue weighted by atomic mass is 10.1. The van der Waals surface area contributed by atoms with E-state index >= 15 is 0 Å². The zero-order valence-electron chi connectivity index (χ0n) is 15.1. The molecule has 1 aliphatic rings. The minimum absolute atomic E-state index is 0.724. The highest BCUT2D eigenvalue weighted by atomic mass is 79.9. The van der Waals surface area contributed by atoms with E-state index in [2.05, 4.69) is 56.1 Å². The Morgan fingerprint density at radius 2 is 1.58 bits per heavy atom. The molecule has 0 radical (unpaired) electrons. The maximum atomic E-state index is 8.91. The lowest BCUT2D eigenvalue weighted by Gasteiger charge is -2.22. The van der Waals surface area contributed by atoms with Crippen molar-refractivity contribution in [2.24, 2.45) is 0 Å². The predicted octanol–water partition coefficient (Wildman–Crippen LogP) is 4.04. The maximum Gasteiger partial charge on any atom is 0.133 e. The first kappa shape index (κ1) is 18.9. The van der Waals surface area contributed by atoms with Crippen LogP contribution < -0.4 is 4.74 Å². The second-order valence-electron chi connectivity index (χ2n) is 6.68. The van der Waals surface area contributed by atoms with Crippen LogP contribution in [0.2, 0.25) is 0 Å². The minimum Gasteiger partial charge on any atom is -0.496 e. The summed E-state index contributed by atoms with van der Waals surface area (Å²) in [5, 5.41) is 8.91. The molecule has 1 aliphatic heterocycles. The Kier molecular flexibility index (Phi) is 6.67. The lowest BCUT2D eigenvalue weighted by Crippen LogP contribution is -2.30. The van der Waals surface area contributed by atoms with Crippen molar-refractivity contribution < 1.29 is 4.74 Å². The zero-order chi connectivity index (χ0) is 18.4. The fourth-order valence-corrected chi connectivity index (χ4v) is 3.94. The number of halogens is 1. The van der Waals surface area contributed by atoms with Gasteiger partial charge in [0.25, 0.3) is 0 Å². The van der Waals surface area contributed by atoms with Crippen LogP contribution >= 0.6 is 15.9 Å². The molecule has 0 atom stereocenters. The van der Waals surface area contributed by atoms with E-state index in [1.807, 2.05) is 18.2 Å². The van der Waals surface area contributed by atoms with Gasteiger partial charge < -0.3 is 4.74 Å². The molecule has 1 heterocycles. The van der Waals surface area contributed by atoms with Crippen LogP contribution in [0.4, 0.5) is 0 Å². The summed E-state index contributed by atoms with van der Waals surface area (Å²) >= 11 is 3.57. The van der Waals surface area contributed by atoms with Crippen LogP contribution in [0.5, 0.6) is 5.75 Å². The fraction of sp³-hybridized carbons (Fsp3) is 0.381. The highest BCUT2D eigenvalue weighted by molar-refractivity contribution is 9.10. The highest BCUT2D eigenvalue weighted by Crippen LogP contribution is 2.26. The molecule has 2 aromatic rings. The van der Waals surface area contributed by atoms with Gasteiger partial charge in [-0.15, -0.1) is 0 Å². The Bertz CT molecular complexity index is 770. The highest BCUT2D eigenvalue weighted by Gasteiger charge is 2.15. The van der Waals surface area contributed by atoms with Crippen molar-refractivity contribution in [3.8, 4) is 11.8 Å². The summed E-state index contributed by atoms with van der Waals surface area (Å²) in [5.74, 6) is 0.873. The summed E-state index contributed by atoms with van der Waals surface area (Å²) < 4.78 is 6.32. The third-order valence-corrected chi connectivity index (χ3v) is 5.41. The van der Waals surface area contributed by atoms with Gasteiger partial charge in [-0.05, 0) is 70.8 Å². The van der Waals surface area contributed by atoms with Crippen molar-refractivity contribution in [2.75, 3.05) is 33.3 Å². The number of nitriles is 1. The molecule has 1 saturated heterocycles. The Labute approximate surface area is 164 Å². The molecule has 136 valence electrons. The molecule has 0 aliphatic carbocycles. The predicted molar refractivity (Wildman–Crippen MR) is 107 cm³/mol. The second kappa shape index (κ2) is 9.18. The molecule has 3 rings (SSSR count). The molecule has 2 aromatic carbocycles. The Hall–Kier alpha value is -1.87. The molecule has 0 N–H and O–H groups in total. The van der Waals surface area contributed by atoms with Crippen LogP contribution in [0.3, 0.4) is 0 Å². The molecule has 0 saturated carbocycles. The van der Waals surface area contributed by atoms with Crippen molar-refractivity contribution in [2.45, 2.75) is 19.5 Å². The van der Waals surface area contributed by atoms with E-state index in [9.17, 15) is 0 Å². The number of hydrogen-bond donors (Lipinski definition) is 0. The molecule has 1 fully saturated rings. The van der Waals surface area contributed by atoms with Gasteiger partial charge in [-0.2, -0.15) is 5.26 Å². The van der Waals surface area contributed by atoms with E-state index in [1.165, 1.54) is 17.5 Å². The first-order chi connectivity index (χ1) is 12.7. The van der Waals surface area contributed by atoms with E-state index < -0.39 is 0 Å². The van der Waals surface area contributed by atoms with E-state index in [0.717, 1.165) is 55.1 Å². The minimum atomic E-state index is 0.724. The van der Waals surface area contributed by atoms with Crippen LogP contribution in [-0.2, 0) is 13.1 Å². The number of benzene rings is 2. The fourth-order valence-electron chi connectivity index (χ4n) is 3.35. The summed E-state index contributed by atoms with van der Waals surface area (Å²) in [6, 6.07) is 16.4. The Morgan fingerprint density at radius 1 is 0.962 bits per heavy atom. The van der Waals surface area contributed by atoms with Gasteiger partial charge in [-0.1, -0.05) is 18.2 Å². The van der Waals surface area contributed by atoms with Crippen molar-refractivity contribution in [3.63, 3.8) is 0 Å². The van der Waals surface area contributed by atoms with Crippen molar-refractivity contribution in [1.82, 2.24) is 9.80 Å². The van der Waals surface area contributed by atoms with E-state index in [-0.39, 0.29) is 0 Å². The van der Waals surface area contributed by atoms with Crippen molar-refractivity contribution in [1.29, 1.82) is 5.26 Å². The van der Waals surface area contributed by atoms with E-state index in [4.69, 9.17) is 10.00 Å². The van der Waals surface area contributed by atoms with Gasteiger partial charge in [0, 0.05) is 26.2 Å². The summed E-state index contributed by atoms with van der Waals surface area (Å²) in [6.45, 7) is 6.29. The molecule has 26 heavy (non-hydrogen) atoms. The monoisotopic (exact) mass is 413 g/mol. The smallest absolute Gasteiger partial charge is 0.133 e. The number of ether oxygens (including phenoxy) is 1. The summed E-state index contributed by atoms with van der Waals surface area (Å²) in [6.07, 6.45) is 1.17. The Balaban J connectivity index is 1.54. The average molecular weight is 414 g/mol. The molecule has 0 aromatic heterocycles. The Morgan fingerprint density at radius 3 is 2.15 bits per heavy atom. The van der Waals surface area contributed by atoms with Gasteiger partial charge >= 0.3 is 0 Å². The third kappa shape index (κ3) is 5.07. The van der Waals surface area contributed by atoms with Crippen LogP contribution in [0, 0.1) is 11.3 Å². The normalized spacial score (nSPS) is 16.0. The lowest BCUT2D eigenvalue weighted by molar-refractivity contribution is 0.247. The van der Waals surface area contributed by atoms with Crippen LogP contribution in [0.25, 0.3) is 0 Å². The maximum absolute atomic E-state index is 8.91. The van der Waals surface area contributed by atoms with Gasteiger partial charge in [-0.3, -0.25) is 9.80 Å². The van der Waals surface area contributed by atoms with Gasteiger partial charge in [0.1, 0.15) is 5.75 Å². The van der Waals surface area contributed by atoms with Gasteiger partial charge in [0.15, 0.2) is 0 Å².